The van der Waals surface area contributed by atoms with Crippen molar-refractivity contribution in [2.75, 3.05) is 29.9 Å². The predicted octanol–water partition coefficient (Wildman–Crippen LogP) is 3.32. The second-order valence-corrected chi connectivity index (χ2v) is 6.64. The van der Waals surface area contributed by atoms with Gasteiger partial charge in [-0.05, 0) is 37.1 Å². The maximum Gasteiger partial charge on any atom is 0.419 e. The molecule has 2 fully saturated rings. The van der Waals surface area contributed by atoms with Gasteiger partial charge in [-0.15, -0.1) is 5.10 Å². The summed E-state index contributed by atoms with van der Waals surface area (Å²) in [5, 5.41) is 11.3. The summed E-state index contributed by atoms with van der Waals surface area (Å²) in [5.74, 6) is 1.56. The van der Waals surface area contributed by atoms with E-state index in [1.165, 1.54) is 25.1 Å². The molecular formula is C17H18F3N5. The van der Waals surface area contributed by atoms with Crippen LogP contribution in [0.1, 0.15) is 30.0 Å². The standard InChI is InChI=1S/C17H18F3N5/c18-17(19,20)13-2-1-7-21-16(13)22-8-11-9-25(10-11)15-6-5-14(23-24-15)12-3-4-12/h1-2,5-7,11-12H,3-4,8-10H2,(H,21,22). The number of pyridine rings is 1. The number of rotatable bonds is 5. The third-order valence-electron chi connectivity index (χ3n) is 4.62. The summed E-state index contributed by atoms with van der Waals surface area (Å²) in [6, 6.07) is 6.34. The molecule has 25 heavy (non-hydrogen) atoms. The molecule has 0 unspecified atom stereocenters. The molecule has 1 aliphatic heterocycles. The minimum absolute atomic E-state index is 0.109. The average molecular weight is 349 g/mol. The number of hydrogen-bond acceptors (Lipinski definition) is 5. The molecule has 1 aliphatic carbocycles. The second-order valence-electron chi connectivity index (χ2n) is 6.64. The van der Waals surface area contributed by atoms with E-state index in [2.05, 4.69) is 25.4 Å². The zero-order valence-electron chi connectivity index (χ0n) is 13.5. The zero-order valence-corrected chi connectivity index (χ0v) is 13.5. The summed E-state index contributed by atoms with van der Waals surface area (Å²) in [6.07, 6.45) is -0.652. The quantitative estimate of drug-likeness (QED) is 0.897. The van der Waals surface area contributed by atoms with Gasteiger partial charge < -0.3 is 10.2 Å². The molecule has 0 spiro atoms. The molecule has 8 heteroatoms. The van der Waals surface area contributed by atoms with E-state index in [4.69, 9.17) is 0 Å². The Morgan fingerprint density at radius 2 is 1.92 bits per heavy atom. The summed E-state index contributed by atoms with van der Waals surface area (Å²) < 4.78 is 38.8. The van der Waals surface area contributed by atoms with Crippen molar-refractivity contribution in [3.63, 3.8) is 0 Å². The van der Waals surface area contributed by atoms with E-state index in [1.807, 2.05) is 12.1 Å². The molecule has 4 rings (SSSR count). The fraction of sp³-hybridized carbons (Fsp3) is 0.471. The smallest absolute Gasteiger partial charge is 0.369 e. The maximum atomic E-state index is 12.9. The molecule has 2 aliphatic rings. The molecule has 132 valence electrons. The molecule has 2 aromatic rings. The van der Waals surface area contributed by atoms with Crippen molar-refractivity contribution in [2.45, 2.75) is 24.9 Å². The number of nitrogens with zero attached hydrogens (tertiary/aromatic N) is 4. The van der Waals surface area contributed by atoms with Gasteiger partial charge in [0, 0.05) is 37.7 Å². The number of nitrogens with one attached hydrogen (secondary N) is 1. The van der Waals surface area contributed by atoms with Gasteiger partial charge in [0.05, 0.1) is 11.3 Å². The molecule has 0 atom stereocenters. The van der Waals surface area contributed by atoms with Crippen LogP contribution >= 0.6 is 0 Å². The van der Waals surface area contributed by atoms with Crippen molar-refractivity contribution >= 4 is 11.6 Å². The van der Waals surface area contributed by atoms with Crippen LogP contribution in [0.25, 0.3) is 0 Å². The highest BCUT2D eigenvalue weighted by atomic mass is 19.4. The van der Waals surface area contributed by atoms with Crippen LogP contribution < -0.4 is 10.2 Å². The molecule has 1 N–H and O–H groups in total. The van der Waals surface area contributed by atoms with E-state index in [-0.39, 0.29) is 11.7 Å². The van der Waals surface area contributed by atoms with Crippen molar-refractivity contribution in [1.29, 1.82) is 0 Å². The molecule has 0 radical (unpaired) electrons. The Bertz CT molecular complexity index is 737. The second kappa shape index (κ2) is 6.16. The first kappa shape index (κ1) is 16.1. The lowest BCUT2D eigenvalue weighted by molar-refractivity contribution is -0.137. The average Bonchev–Trinajstić information content (AvgIpc) is 3.38. The van der Waals surface area contributed by atoms with Gasteiger partial charge in [0.2, 0.25) is 0 Å². The summed E-state index contributed by atoms with van der Waals surface area (Å²) in [7, 11) is 0. The normalized spacial score (nSPS) is 18.1. The maximum absolute atomic E-state index is 12.9. The van der Waals surface area contributed by atoms with Gasteiger partial charge in [-0.3, -0.25) is 0 Å². The van der Waals surface area contributed by atoms with Gasteiger partial charge in [0.15, 0.2) is 5.82 Å². The van der Waals surface area contributed by atoms with Crippen LogP contribution in [-0.2, 0) is 6.18 Å². The Morgan fingerprint density at radius 1 is 1.12 bits per heavy atom. The minimum Gasteiger partial charge on any atom is -0.369 e. The highest BCUT2D eigenvalue weighted by Crippen LogP contribution is 2.39. The van der Waals surface area contributed by atoms with Crippen LogP contribution in [0, 0.1) is 5.92 Å². The monoisotopic (exact) mass is 349 g/mol. The van der Waals surface area contributed by atoms with E-state index in [0.717, 1.165) is 30.7 Å². The molecule has 2 aromatic heterocycles. The van der Waals surface area contributed by atoms with Crippen LogP contribution in [-0.4, -0.2) is 34.8 Å². The number of aromatic nitrogens is 3. The molecule has 3 heterocycles. The van der Waals surface area contributed by atoms with Gasteiger partial charge >= 0.3 is 6.18 Å². The third-order valence-corrected chi connectivity index (χ3v) is 4.62. The zero-order chi connectivity index (χ0) is 17.4. The molecular weight excluding hydrogens is 331 g/mol. The molecule has 5 nitrogen and oxygen atoms in total. The summed E-state index contributed by atoms with van der Waals surface area (Å²) >= 11 is 0. The first-order valence-corrected chi connectivity index (χ1v) is 8.35. The Balaban J connectivity index is 1.30. The van der Waals surface area contributed by atoms with Crippen LogP contribution in [0.3, 0.4) is 0 Å². The SMILES string of the molecule is FC(F)(F)c1cccnc1NCC1CN(c2ccc(C3CC3)nn2)C1. The number of hydrogen-bond donors (Lipinski definition) is 1. The topological polar surface area (TPSA) is 53.9 Å². The summed E-state index contributed by atoms with van der Waals surface area (Å²) in [5.41, 5.74) is 0.324. The van der Waals surface area contributed by atoms with Crippen molar-refractivity contribution in [2.24, 2.45) is 5.92 Å². The van der Waals surface area contributed by atoms with E-state index >= 15 is 0 Å². The van der Waals surface area contributed by atoms with Crippen LogP contribution in [0.4, 0.5) is 24.8 Å². The highest BCUT2D eigenvalue weighted by Gasteiger charge is 2.35. The largest absolute Gasteiger partial charge is 0.419 e. The number of anilines is 2. The van der Waals surface area contributed by atoms with Crippen molar-refractivity contribution in [3.8, 4) is 0 Å². The van der Waals surface area contributed by atoms with E-state index in [0.29, 0.717) is 12.5 Å². The lowest BCUT2D eigenvalue weighted by atomic mass is 10.00. The lowest BCUT2D eigenvalue weighted by Gasteiger charge is -2.40. The van der Waals surface area contributed by atoms with Crippen LogP contribution in [0.2, 0.25) is 0 Å². The molecule has 1 saturated carbocycles. The Kier molecular flexibility index (Phi) is 3.97. The molecule has 1 saturated heterocycles. The van der Waals surface area contributed by atoms with Crippen LogP contribution in [0.5, 0.6) is 0 Å². The molecule has 0 aromatic carbocycles. The van der Waals surface area contributed by atoms with Gasteiger partial charge in [-0.2, -0.15) is 18.3 Å². The third kappa shape index (κ3) is 3.52. The number of alkyl halides is 3. The van der Waals surface area contributed by atoms with Crippen molar-refractivity contribution in [3.05, 3.63) is 41.7 Å². The van der Waals surface area contributed by atoms with E-state index in [9.17, 15) is 13.2 Å². The molecule has 0 amide bonds. The fourth-order valence-electron chi connectivity index (χ4n) is 3.00. The van der Waals surface area contributed by atoms with Gasteiger partial charge in [-0.1, -0.05) is 0 Å². The fourth-order valence-corrected chi connectivity index (χ4v) is 3.00. The Morgan fingerprint density at radius 3 is 2.56 bits per heavy atom. The van der Waals surface area contributed by atoms with E-state index in [1.54, 1.807) is 0 Å². The molecule has 0 bridgehead atoms. The van der Waals surface area contributed by atoms with Crippen molar-refractivity contribution < 1.29 is 13.2 Å². The summed E-state index contributed by atoms with van der Waals surface area (Å²) in [6.45, 7) is 1.95. The van der Waals surface area contributed by atoms with Crippen LogP contribution in [0.15, 0.2) is 30.5 Å². The van der Waals surface area contributed by atoms with Crippen molar-refractivity contribution in [1.82, 2.24) is 15.2 Å². The van der Waals surface area contributed by atoms with Gasteiger partial charge in [-0.25, -0.2) is 4.98 Å². The van der Waals surface area contributed by atoms with Gasteiger partial charge in [0.1, 0.15) is 5.82 Å². The highest BCUT2D eigenvalue weighted by molar-refractivity contribution is 5.46. The number of halogens is 3. The minimum atomic E-state index is -4.40. The van der Waals surface area contributed by atoms with E-state index < -0.39 is 11.7 Å². The lowest BCUT2D eigenvalue weighted by Crippen LogP contribution is -2.50. The summed E-state index contributed by atoms with van der Waals surface area (Å²) in [4.78, 5) is 5.90. The predicted molar refractivity (Wildman–Crippen MR) is 87.4 cm³/mol. The van der Waals surface area contributed by atoms with Gasteiger partial charge in [0.25, 0.3) is 0 Å². The first-order valence-electron chi connectivity index (χ1n) is 8.35. The Labute approximate surface area is 143 Å². The Hall–Kier alpha value is -2.38. The first-order chi connectivity index (χ1) is 12.0.